The number of nitrogens with one attached hydrogen (secondary N) is 3. The Balaban J connectivity index is 1.57. The normalized spacial score (nSPS) is 14.8. The van der Waals surface area contributed by atoms with Gasteiger partial charge in [-0.3, -0.25) is 19.9 Å². The van der Waals surface area contributed by atoms with Crippen LogP contribution in [0.2, 0.25) is 0 Å². The first-order valence-electron chi connectivity index (χ1n) is 9.87. The fourth-order valence-corrected chi connectivity index (χ4v) is 3.20. The van der Waals surface area contributed by atoms with Crippen LogP contribution in [0, 0.1) is 11.6 Å². The number of guanidine groups is 1. The van der Waals surface area contributed by atoms with Crippen LogP contribution in [0.15, 0.2) is 35.5 Å². The molecule has 174 valence electrons. The molecule has 4 rings (SSSR count). The molecule has 1 amide bonds. The number of amides is 1. The van der Waals surface area contributed by atoms with Gasteiger partial charge >= 0.3 is 6.18 Å². The summed E-state index contributed by atoms with van der Waals surface area (Å²) < 4.78 is 67.6. The average Bonchev–Trinajstić information content (AvgIpc) is 3.30. The number of aliphatic imine (C=N–C) groups is 1. The van der Waals surface area contributed by atoms with Gasteiger partial charge in [0.05, 0.1) is 17.3 Å². The Kier molecular flexibility index (Phi) is 5.87. The van der Waals surface area contributed by atoms with Crippen LogP contribution in [0.4, 0.5) is 27.8 Å². The van der Waals surface area contributed by atoms with Crippen LogP contribution in [-0.4, -0.2) is 37.9 Å². The molecule has 0 aliphatic heterocycles. The van der Waals surface area contributed by atoms with Crippen molar-refractivity contribution < 1.29 is 26.7 Å². The fourth-order valence-electron chi connectivity index (χ4n) is 3.20. The number of H-pyrrole nitrogens is 1. The zero-order chi connectivity index (χ0) is 23.8. The van der Waals surface area contributed by atoms with E-state index in [1.54, 1.807) is 0 Å². The maximum atomic E-state index is 13.5. The highest BCUT2D eigenvalue weighted by atomic mass is 19.4. The van der Waals surface area contributed by atoms with E-state index in [2.05, 4.69) is 30.9 Å². The van der Waals surface area contributed by atoms with Gasteiger partial charge in [-0.2, -0.15) is 23.4 Å². The molecular formula is C20H18F5N7O. The maximum Gasteiger partial charge on any atom is 0.435 e. The zero-order valence-corrected chi connectivity index (χ0v) is 17.2. The standard InChI is InChI=1S/C20H18F5N7O/c1-32-9-14(17(31-32)20(23,24)25)18(33)28-19(26-13-3-2-4-13)27-16-8-15(29-30-16)10-5-11(21)7-12(22)6-10/h5-9,13H,2-4H2,1H3,(H3,26,27,28,29,30,33). The second-order valence-electron chi connectivity index (χ2n) is 7.53. The smallest absolute Gasteiger partial charge is 0.309 e. The van der Waals surface area contributed by atoms with Crippen molar-refractivity contribution in [2.75, 3.05) is 5.32 Å². The van der Waals surface area contributed by atoms with Crippen LogP contribution in [0.3, 0.4) is 0 Å². The van der Waals surface area contributed by atoms with Crippen LogP contribution >= 0.6 is 0 Å². The molecule has 2 aromatic heterocycles. The summed E-state index contributed by atoms with van der Waals surface area (Å²) in [5.74, 6) is -2.57. The molecular weight excluding hydrogens is 449 g/mol. The van der Waals surface area contributed by atoms with E-state index in [1.807, 2.05) is 0 Å². The molecule has 1 saturated carbocycles. The Morgan fingerprint density at radius 2 is 1.88 bits per heavy atom. The number of carbonyl (C=O) groups is 1. The summed E-state index contributed by atoms with van der Waals surface area (Å²) in [6.07, 6.45) is -1.39. The third-order valence-corrected chi connectivity index (χ3v) is 4.96. The molecule has 3 aromatic rings. The lowest BCUT2D eigenvalue weighted by Crippen LogP contribution is -2.38. The minimum absolute atomic E-state index is 0.106. The molecule has 1 aliphatic carbocycles. The Labute approximate surface area is 183 Å². The molecule has 8 nitrogen and oxygen atoms in total. The van der Waals surface area contributed by atoms with Gasteiger partial charge in [0.15, 0.2) is 11.5 Å². The Bertz CT molecular complexity index is 1190. The summed E-state index contributed by atoms with van der Waals surface area (Å²) in [5, 5.41) is 15.0. The number of benzene rings is 1. The summed E-state index contributed by atoms with van der Waals surface area (Å²) in [6.45, 7) is 0. The van der Waals surface area contributed by atoms with Crippen LogP contribution < -0.4 is 10.6 Å². The molecule has 0 atom stereocenters. The second kappa shape index (κ2) is 8.64. The highest BCUT2D eigenvalue weighted by Crippen LogP contribution is 2.30. The van der Waals surface area contributed by atoms with Crippen LogP contribution in [-0.2, 0) is 13.2 Å². The molecule has 0 unspecified atom stereocenters. The monoisotopic (exact) mass is 467 g/mol. The number of alkyl halides is 3. The van der Waals surface area contributed by atoms with Gasteiger partial charge in [-0.1, -0.05) is 0 Å². The number of hydrogen-bond donors (Lipinski definition) is 3. The minimum Gasteiger partial charge on any atom is -0.309 e. The van der Waals surface area contributed by atoms with Gasteiger partial charge in [0, 0.05) is 30.9 Å². The molecule has 1 aliphatic rings. The molecule has 33 heavy (non-hydrogen) atoms. The summed E-state index contributed by atoms with van der Waals surface area (Å²) in [7, 11) is 1.27. The highest BCUT2D eigenvalue weighted by Gasteiger charge is 2.39. The van der Waals surface area contributed by atoms with Gasteiger partial charge < -0.3 is 5.32 Å². The minimum atomic E-state index is -4.82. The van der Waals surface area contributed by atoms with Crippen LogP contribution in [0.1, 0.15) is 35.3 Å². The lowest BCUT2D eigenvalue weighted by atomic mass is 9.94. The van der Waals surface area contributed by atoms with Gasteiger partial charge in [-0.05, 0) is 31.4 Å². The summed E-state index contributed by atoms with van der Waals surface area (Å²) in [6, 6.07) is 4.24. The average molecular weight is 467 g/mol. The van der Waals surface area contributed by atoms with E-state index >= 15 is 0 Å². The van der Waals surface area contributed by atoms with Crippen molar-refractivity contribution in [2.24, 2.45) is 12.0 Å². The Morgan fingerprint density at radius 1 is 1.18 bits per heavy atom. The summed E-state index contributed by atoms with van der Waals surface area (Å²) >= 11 is 0. The number of halogens is 5. The van der Waals surface area contributed by atoms with Gasteiger partial charge in [0.25, 0.3) is 5.91 Å². The van der Waals surface area contributed by atoms with Crippen LogP contribution in [0.5, 0.6) is 0 Å². The lowest BCUT2D eigenvalue weighted by molar-refractivity contribution is -0.141. The van der Waals surface area contributed by atoms with Crippen molar-refractivity contribution in [1.82, 2.24) is 25.3 Å². The number of aromatic nitrogens is 4. The van der Waals surface area contributed by atoms with Gasteiger partial charge in [0.2, 0.25) is 5.96 Å². The quantitative estimate of drug-likeness (QED) is 0.308. The van der Waals surface area contributed by atoms with Crippen molar-refractivity contribution in [1.29, 1.82) is 0 Å². The number of anilines is 1. The predicted octanol–water partition coefficient (Wildman–Crippen LogP) is 3.86. The maximum absolute atomic E-state index is 13.5. The second-order valence-corrected chi connectivity index (χ2v) is 7.53. The molecule has 1 aromatic carbocycles. The van der Waals surface area contributed by atoms with E-state index in [1.165, 1.54) is 13.1 Å². The molecule has 0 saturated heterocycles. The van der Waals surface area contributed by atoms with Crippen molar-refractivity contribution in [3.63, 3.8) is 0 Å². The van der Waals surface area contributed by atoms with E-state index in [0.717, 1.165) is 48.3 Å². The Morgan fingerprint density at radius 3 is 2.48 bits per heavy atom. The number of hydrogen-bond acceptors (Lipinski definition) is 4. The van der Waals surface area contributed by atoms with E-state index in [-0.39, 0.29) is 29.1 Å². The van der Waals surface area contributed by atoms with Gasteiger partial charge in [0.1, 0.15) is 11.6 Å². The number of carbonyl (C=O) groups excluding carboxylic acids is 1. The summed E-state index contributed by atoms with van der Waals surface area (Å²) in [5.41, 5.74) is -1.51. The molecule has 13 heteroatoms. The molecule has 2 heterocycles. The molecule has 0 spiro atoms. The van der Waals surface area contributed by atoms with Gasteiger partial charge in [-0.15, -0.1) is 0 Å². The number of nitrogens with zero attached hydrogens (tertiary/aromatic N) is 4. The van der Waals surface area contributed by atoms with Crippen LogP contribution in [0.25, 0.3) is 11.3 Å². The van der Waals surface area contributed by atoms with E-state index in [9.17, 15) is 26.7 Å². The van der Waals surface area contributed by atoms with Crippen molar-refractivity contribution in [3.05, 3.63) is 53.4 Å². The topological polar surface area (TPSA) is 100.0 Å². The van der Waals surface area contributed by atoms with Crippen molar-refractivity contribution in [3.8, 4) is 11.3 Å². The number of rotatable bonds is 4. The molecule has 1 fully saturated rings. The lowest BCUT2D eigenvalue weighted by Gasteiger charge is -2.22. The SMILES string of the molecule is Cn1cc(C(=O)NC(=NC2CCC2)Nc2cc(-c3cc(F)cc(F)c3)[nH]n2)c(C(F)(F)F)n1. The predicted molar refractivity (Wildman–Crippen MR) is 108 cm³/mol. The highest BCUT2D eigenvalue weighted by molar-refractivity contribution is 6.10. The first-order valence-corrected chi connectivity index (χ1v) is 9.87. The van der Waals surface area contributed by atoms with E-state index < -0.39 is 35.0 Å². The Hall–Kier alpha value is -3.77. The molecule has 0 radical (unpaired) electrons. The van der Waals surface area contributed by atoms with E-state index in [0.29, 0.717) is 0 Å². The molecule has 3 N–H and O–H groups in total. The van der Waals surface area contributed by atoms with Gasteiger partial charge in [-0.25, -0.2) is 13.8 Å². The zero-order valence-electron chi connectivity index (χ0n) is 17.2. The fraction of sp³-hybridized carbons (Fsp3) is 0.300. The molecule has 0 bridgehead atoms. The first-order chi connectivity index (χ1) is 15.6. The largest absolute Gasteiger partial charge is 0.435 e. The van der Waals surface area contributed by atoms with Crippen molar-refractivity contribution >= 4 is 17.7 Å². The number of aromatic amines is 1. The third-order valence-electron chi connectivity index (χ3n) is 4.96. The number of aryl methyl sites for hydroxylation is 1. The van der Waals surface area contributed by atoms with E-state index in [4.69, 9.17) is 0 Å². The summed E-state index contributed by atoms with van der Waals surface area (Å²) in [4.78, 5) is 17.0. The third kappa shape index (κ3) is 5.18. The first kappa shape index (κ1) is 22.4. The van der Waals surface area contributed by atoms with Crippen molar-refractivity contribution in [2.45, 2.75) is 31.5 Å².